The highest BCUT2D eigenvalue weighted by atomic mass is 32.3. The number of azo groups is 1. The highest BCUT2D eigenvalue weighted by molar-refractivity contribution is 7.80. The molecule has 0 bridgehead atoms. The molecule has 1 aliphatic heterocycles. The average Bonchev–Trinajstić information content (AvgIpc) is 2.99. The lowest BCUT2D eigenvalue weighted by atomic mass is 10.2. The summed E-state index contributed by atoms with van der Waals surface area (Å²) in [5.74, 6) is 0.812. The molecular weight excluding hydrogens is 374 g/mol. The summed E-state index contributed by atoms with van der Waals surface area (Å²) in [6.07, 6.45) is 3.91. The lowest BCUT2D eigenvalue weighted by Gasteiger charge is -2.28. The van der Waals surface area contributed by atoms with Gasteiger partial charge in [0.05, 0.1) is 46.8 Å². The van der Waals surface area contributed by atoms with E-state index < -0.39 is 10.4 Å². The maximum Gasteiger partial charge on any atom is 0.421 e. The standard InChI is InChI=1S/C15H20N5O.CH4O4S/c1-18-7-8-19(2)15(18)17-16-13-3-5-14(6-4-13)20-9-11-21-12-10-20;1-5-6(2,3)4/h3-8H,9-12H2,1-2H3;1H3,(H,2,3,4)/q+1;/p-1. The topological polar surface area (TPSA) is 112 Å². The molecule has 0 aliphatic carbocycles. The van der Waals surface area contributed by atoms with Gasteiger partial charge in [-0.2, -0.15) is 0 Å². The molecule has 1 fully saturated rings. The van der Waals surface area contributed by atoms with E-state index in [1.807, 2.05) is 47.8 Å². The molecule has 10 nitrogen and oxygen atoms in total. The third kappa shape index (κ3) is 6.71. The average molecular weight is 397 g/mol. The number of anilines is 1. The van der Waals surface area contributed by atoms with Crippen LogP contribution in [0.1, 0.15) is 0 Å². The van der Waals surface area contributed by atoms with Gasteiger partial charge < -0.3 is 14.2 Å². The fourth-order valence-corrected chi connectivity index (χ4v) is 2.38. The van der Waals surface area contributed by atoms with Crippen LogP contribution in [0.2, 0.25) is 0 Å². The van der Waals surface area contributed by atoms with E-state index in [2.05, 4.69) is 31.4 Å². The van der Waals surface area contributed by atoms with Crippen molar-refractivity contribution in [2.45, 2.75) is 0 Å². The molecule has 0 saturated carbocycles. The van der Waals surface area contributed by atoms with Crippen LogP contribution in [-0.4, -0.2) is 51.0 Å². The molecule has 1 aromatic carbocycles. The van der Waals surface area contributed by atoms with Crippen LogP contribution in [-0.2, 0) is 33.4 Å². The molecule has 0 unspecified atom stereocenters. The Morgan fingerprint density at radius 3 is 2.26 bits per heavy atom. The summed E-state index contributed by atoms with van der Waals surface area (Å²) in [7, 11) is 0.304. The first-order valence-corrected chi connectivity index (χ1v) is 9.50. The summed E-state index contributed by atoms with van der Waals surface area (Å²) in [6, 6.07) is 8.17. The molecule has 2 heterocycles. The number of rotatable bonds is 4. The molecular formula is C16H23N5O5S. The molecule has 0 N–H and O–H groups in total. The monoisotopic (exact) mass is 397 g/mol. The van der Waals surface area contributed by atoms with E-state index in [1.165, 1.54) is 5.69 Å². The third-order valence-electron chi connectivity index (χ3n) is 3.83. The van der Waals surface area contributed by atoms with Crippen LogP contribution < -0.4 is 9.47 Å². The summed E-state index contributed by atoms with van der Waals surface area (Å²) < 4.78 is 40.3. The van der Waals surface area contributed by atoms with Crippen LogP contribution in [0.15, 0.2) is 46.9 Å². The Kier molecular flexibility index (Phi) is 7.42. The highest BCUT2D eigenvalue weighted by Gasteiger charge is 2.12. The van der Waals surface area contributed by atoms with Crippen LogP contribution >= 0.6 is 0 Å². The SMILES string of the molecule is COS(=O)(=O)[O-].Cn1cc[n+](C)c1N=Nc1ccc(N2CCOCC2)cc1. The summed E-state index contributed by atoms with van der Waals surface area (Å²) in [5, 5.41) is 8.59. The van der Waals surface area contributed by atoms with Crippen molar-refractivity contribution in [3.8, 4) is 0 Å². The zero-order valence-corrected chi connectivity index (χ0v) is 16.3. The number of morpholine rings is 1. The maximum absolute atomic E-state index is 9.22. The summed E-state index contributed by atoms with van der Waals surface area (Å²) in [6.45, 7) is 3.48. The molecule has 27 heavy (non-hydrogen) atoms. The van der Waals surface area contributed by atoms with Crippen LogP contribution in [0.25, 0.3) is 0 Å². The van der Waals surface area contributed by atoms with Crippen molar-refractivity contribution >= 4 is 27.7 Å². The molecule has 2 aromatic rings. The second-order valence-corrected chi connectivity index (χ2v) is 6.86. The van der Waals surface area contributed by atoms with E-state index in [0.29, 0.717) is 0 Å². The predicted molar refractivity (Wildman–Crippen MR) is 96.9 cm³/mol. The van der Waals surface area contributed by atoms with E-state index >= 15 is 0 Å². The molecule has 0 radical (unpaired) electrons. The van der Waals surface area contributed by atoms with Crippen LogP contribution in [0.4, 0.5) is 17.3 Å². The Balaban J connectivity index is 0.000000380. The predicted octanol–water partition coefficient (Wildman–Crippen LogP) is 1.19. The van der Waals surface area contributed by atoms with Gasteiger partial charge in [0.1, 0.15) is 5.69 Å². The number of ether oxygens (including phenoxy) is 1. The molecule has 1 aliphatic rings. The van der Waals surface area contributed by atoms with Gasteiger partial charge in [0.25, 0.3) is 0 Å². The Bertz CT molecular complexity index is 838. The lowest BCUT2D eigenvalue weighted by molar-refractivity contribution is -0.657. The minimum absolute atomic E-state index is 0.797. The minimum atomic E-state index is -4.41. The Morgan fingerprint density at radius 1 is 1.19 bits per heavy atom. The molecule has 1 aromatic heterocycles. The smallest absolute Gasteiger partial charge is 0.421 e. The van der Waals surface area contributed by atoms with Gasteiger partial charge in [-0.1, -0.05) is 5.11 Å². The number of nitrogens with zero attached hydrogens (tertiary/aromatic N) is 5. The zero-order valence-electron chi connectivity index (χ0n) is 15.5. The first-order valence-electron chi connectivity index (χ1n) is 8.17. The van der Waals surface area contributed by atoms with E-state index in [9.17, 15) is 13.0 Å². The van der Waals surface area contributed by atoms with Crippen molar-refractivity contribution in [1.82, 2.24) is 4.57 Å². The van der Waals surface area contributed by atoms with Gasteiger partial charge in [-0.3, -0.25) is 4.18 Å². The molecule has 11 heteroatoms. The Hall–Kier alpha value is -2.34. The quantitative estimate of drug-likeness (QED) is 0.332. The second kappa shape index (κ2) is 9.55. The van der Waals surface area contributed by atoms with Gasteiger partial charge in [-0.15, -0.1) is 0 Å². The normalized spacial score (nSPS) is 14.9. The molecule has 148 valence electrons. The fourth-order valence-electron chi connectivity index (χ4n) is 2.38. The molecule has 0 spiro atoms. The zero-order chi connectivity index (χ0) is 19.9. The number of imidazole rings is 1. The van der Waals surface area contributed by atoms with Crippen LogP contribution in [0.3, 0.4) is 0 Å². The number of hydrogen-bond donors (Lipinski definition) is 0. The van der Waals surface area contributed by atoms with Gasteiger partial charge in [0.2, 0.25) is 10.4 Å². The molecule has 0 amide bonds. The van der Waals surface area contributed by atoms with Crippen molar-refractivity contribution in [3.05, 3.63) is 36.7 Å². The van der Waals surface area contributed by atoms with E-state index in [-0.39, 0.29) is 0 Å². The van der Waals surface area contributed by atoms with Gasteiger partial charge in [0.15, 0.2) is 0 Å². The van der Waals surface area contributed by atoms with Gasteiger partial charge in [0, 0.05) is 23.9 Å². The van der Waals surface area contributed by atoms with Crippen molar-refractivity contribution in [2.75, 3.05) is 38.3 Å². The number of aromatic nitrogens is 2. The number of benzene rings is 1. The summed E-state index contributed by atoms with van der Waals surface area (Å²) >= 11 is 0. The van der Waals surface area contributed by atoms with Gasteiger partial charge in [-0.05, 0) is 24.3 Å². The van der Waals surface area contributed by atoms with Gasteiger partial charge >= 0.3 is 5.95 Å². The van der Waals surface area contributed by atoms with Crippen molar-refractivity contribution in [1.29, 1.82) is 0 Å². The van der Waals surface area contributed by atoms with E-state index in [0.717, 1.165) is 45.0 Å². The number of hydrogen-bond acceptors (Lipinski definition) is 8. The fraction of sp³-hybridized carbons (Fsp3) is 0.438. The van der Waals surface area contributed by atoms with Crippen molar-refractivity contribution in [2.24, 2.45) is 24.3 Å². The number of aryl methyl sites for hydroxylation is 2. The second-order valence-electron chi connectivity index (χ2n) is 5.71. The first-order chi connectivity index (χ1) is 12.8. The highest BCUT2D eigenvalue weighted by Crippen LogP contribution is 2.21. The molecule has 1 saturated heterocycles. The first kappa shape index (κ1) is 21.0. The Morgan fingerprint density at radius 2 is 1.78 bits per heavy atom. The maximum atomic E-state index is 9.22. The third-order valence-corrected chi connectivity index (χ3v) is 4.24. The Labute approximate surface area is 158 Å². The lowest BCUT2D eigenvalue weighted by Crippen LogP contribution is -2.36. The van der Waals surface area contributed by atoms with Gasteiger partial charge in [-0.25, -0.2) is 17.6 Å². The summed E-state index contributed by atoms with van der Waals surface area (Å²) in [5.41, 5.74) is 2.06. The molecule has 3 rings (SSSR count). The van der Waals surface area contributed by atoms with Crippen molar-refractivity contribution in [3.63, 3.8) is 0 Å². The van der Waals surface area contributed by atoms with Crippen LogP contribution in [0, 0.1) is 0 Å². The van der Waals surface area contributed by atoms with Crippen LogP contribution in [0.5, 0.6) is 0 Å². The van der Waals surface area contributed by atoms with Crippen molar-refractivity contribution < 1.29 is 26.5 Å². The van der Waals surface area contributed by atoms with E-state index in [1.54, 1.807) is 0 Å². The minimum Gasteiger partial charge on any atom is -0.726 e. The summed E-state index contributed by atoms with van der Waals surface area (Å²) in [4.78, 5) is 2.32. The molecule has 0 atom stereocenters. The largest absolute Gasteiger partial charge is 0.726 e. The van der Waals surface area contributed by atoms with E-state index in [4.69, 9.17) is 4.74 Å².